The smallest absolute Gasteiger partial charge is 0.261 e. The fourth-order valence-corrected chi connectivity index (χ4v) is 3.29. The van der Waals surface area contributed by atoms with Crippen molar-refractivity contribution in [1.82, 2.24) is 4.90 Å². The van der Waals surface area contributed by atoms with E-state index in [4.69, 9.17) is 37.9 Å². The molecule has 1 aliphatic rings. The SMILES string of the molecule is O=C1c2ccccc2C(=O)N1CCOCCOCCOCCOCCOCCOCCOCCOCCF. The van der Waals surface area contributed by atoms with Gasteiger partial charge in [0.2, 0.25) is 0 Å². The zero-order valence-corrected chi connectivity index (χ0v) is 21.9. The van der Waals surface area contributed by atoms with Gasteiger partial charge in [0, 0.05) is 0 Å². The summed E-state index contributed by atoms with van der Waals surface area (Å²) < 4.78 is 54.5. The van der Waals surface area contributed by atoms with Crippen LogP contribution in [0.2, 0.25) is 0 Å². The van der Waals surface area contributed by atoms with Crippen molar-refractivity contribution < 1.29 is 51.9 Å². The molecule has 0 saturated carbocycles. The Balaban J connectivity index is 1.24. The fraction of sp³-hybridized carbons (Fsp3) is 0.692. The van der Waals surface area contributed by atoms with Crippen molar-refractivity contribution >= 4 is 11.8 Å². The van der Waals surface area contributed by atoms with E-state index in [0.29, 0.717) is 104 Å². The first-order chi connectivity index (χ1) is 18.8. The van der Waals surface area contributed by atoms with Crippen molar-refractivity contribution in [2.75, 3.05) is 119 Å². The zero-order chi connectivity index (χ0) is 27.1. The highest BCUT2D eigenvalue weighted by Gasteiger charge is 2.34. The summed E-state index contributed by atoms with van der Waals surface area (Å²) in [5.74, 6) is -0.559. The van der Waals surface area contributed by atoms with Crippen LogP contribution in [0.3, 0.4) is 0 Å². The number of imide groups is 1. The number of rotatable bonds is 26. The fourth-order valence-electron chi connectivity index (χ4n) is 3.29. The van der Waals surface area contributed by atoms with E-state index in [1.165, 1.54) is 4.90 Å². The molecule has 0 aliphatic carbocycles. The summed E-state index contributed by atoms with van der Waals surface area (Å²) in [5, 5.41) is 0. The van der Waals surface area contributed by atoms with Gasteiger partial charge in [0.05, 0.1) is 123 Å². The summed E-state index contributed by atoms with van der Waals surface area (Å²) in [6, 6.07) is 6.80. The predicted molar refractivity (Wildman–Crippen MR) is 134 cm³/mol. The van der Waals surface area contributed by atoms with Crippen LogP contribution < -0.4 is 0 Å². The molecule has 38 heavy (non-hydrogen) atoms. The third kappa shape index (κ3) is 13.7. The van der Waals surface area contributed by atoms with Crippen LogP contribution in [0, 0.1) is 0 Å². The van der Waals surface area contributed by atoms with Crippen LogP contribution in [0.1, 0.15) is 20.7 Å². The Hall–Kier alpha value is -2.03. The minimum Gasteiger partial charge on any atom is -0.377 e. The molecule has 0 bridgehead atoms. The summed E-state index contributed by atoms with van der Waals surface area (Å²) in [6.07, 6.45) is 0. The molecule has 12 heteroatoms. The van der Waals surface area contributed by atoms with Gasteiger partial charge in [-0.05, 0) is 12.1 Å². The van der Waals surface area contributed by atoms with Crippen LogP contribution >= 0.6 is 0 Å². The number of alkyl halides is 1. The lowest BCUT2D eigenvalue weighted by Crippen LogP contribution is -2.33. The molecule has 0 unspecified atom stereocenters. The van der Waals surface area contributed by atoms with Crippen LogP contribution in [0.15, 0.2) is 24.3 Å². The van der Waals surface area contributed by atoms with Crippen LogP contribution in [0.5, 0.6) is 0 Å². The van der Waals surface area contributed by atoms with Crippen molar-refractivity contribution in [2.24, 2.45) is 0 Å². The Morgan fingerprint density at radius 2 is 0.763 bits per heavy atom. The number of halogens is 1. The van der Waals surface area contributed by atoms with Crippen LogP contribution in [0.25, 0.3) is 0 Å². The molecule has 0 N–H and O–H groups in total. The molecule has 1 heterocycles. The van der Waals surface area contributed by atoms with Gasteiger partial charge in [-0.3, -0.25) is 14.5 Å². The predicted octanol–water partition coefficient (Wildman–Crippen LogP) is 1.38. The second kappa shape index (κ2) is 21.9. The molecular weight excluding hydrogens is 505 g/mol. The summed E-state index contributed by atoms with van der Waals surface area (Å²) in [4.78, 5) is 25.7. The molecule has 11 nitrogen and oxygen atoms in total. The van der Waals surface area contributed by atoms with Crippen molar-refractivity contribution in [2.45, 2.75) is 0 Å². The van der Waals surface area contributed by atoms with Gasteiger partial charge in [0.25, 0.3) is 11.8 Å². The van der Waals surface area contributed by atoms with Gasteiger partial charge in [0.15, 0.2) is 0 Å². The van der Waals surface area contributed by atoms with Gasteiger partial charge >= 0.3 is 0 Å². The molecule has 0 saturated heterocycles. The first kappa shape index (κ1) is 32.2. The lowest BCUT2D eigenvalue weighted by atomic mass is 10.1. The van der Waals surface area contributed by atoms with Crippen molar-refractivity contribution in [1.29, 1.82) is 0 Å². The number of carbonyl (C=O) groups excluding carboxylic acids is 2. The largest absolute Gasteiger partial charge is 0.377 e. The van der Waals surface area contributed by atoms with E-state index in [0.717, 1.165) is 0 Å². The molecule has 0 spiro atoms. The summed E-state index contributed by atoms with van der Waals surface area (Å²) in [6.45, 7) is 6.29. The van der Waals surface area contributed by atoms with E-state index in [2.05, 4.69) is 0 Å². The van der Waals surface area contributed by atoms with E-state index in [1.54, 1.807) is 24.3 Å². The molecule has 2 rings (SSSR count). The maximum absolute atomic E-state index is 12.3. The average Bonchev–Trinajstić information content (AvgIpc) is 3.18. The highest BCUT2D eigenvalue weighted by molar-refractivity contribution is 6.21. The lowest BCUT2D eigenvalue weighted by Gasteiger charge is -2.13. The monoisotopic (exact) mass is 545 g/mol. The maximum atomic E-state index is 12.3. The number of hydrogen-bond donors (Lipinski definition) is 0. The van der Waals surface area contributed by atoms with E-state index in [-0.39, 0.29) is 31.6 Å². The van der Waals surface area contributed by atoms with Gasteiger partial charge in [0.1, 0.15) is 6.67 Å². The van der Waals surface area contributed by atoms with Crippen LogP contribution in [0.4, 0.5) is 4.39 Å². The third-order valence-corrected chi connectivity index (χ3v) is 5.16. The summed E-state index contributed by atoms with van der Waals surface area (Å²) in [5.41, 5.74) is 0.880. The minimum atomic E-state index is -0.481. The molecule has 216 valence electrons. The Morgan fingerprint density at radius 3 is 1.08 bits per heavy atom. The standard InChI is InChI=1S/C26H40FNO10/c27-5-7-31-9-11-33-13-15-35-17-19-37-21-22-38-20-18-36-16-14-34-12-10-32-8-6-28-25(29)23-3-1-2-4-24(23)26(28)30/h1-4H,5-22H2. The number of amides is 2. The number of hydrogen-bond acceptors (Lipinski definition) is 10. The molecule has 0 aromatic heterocycles. The lowest BCUT2D eigenvalue weighted by molar-refractivity contribution is -0.0235. The number of nitrogens with zero attached hydrogens (tertiary/aromatic N) is 1. The maximum Gasteiger partial charge on any atom is 0.261 e. The number of ether oxygens (including phenoxy) is 8. The highest BCUT2D eigenvalue weighted by atomic mass is 19.1. The Bertz CT molecular complexity index is 734. The molecule has 0 fully saturated rings. The summed E-state index contributed by atoms with van der Waals surface area (Å²) >= 11 is 0. The van der Waals surface area contributed by atoms with Crippen molar-refractivity contribution in [3.63, 3.8) is 0 Å². The number of fused-ring (bicyclic) bond motifs is 1. The van der Waals surface area contributed by atoms with E-state index < -0.39 is 6.67 Å². The minimum absolute atomic E-state index is 0.106. The van der Waals surface area contributed by atoms with E-state index in [1.807, 2.05) is 0 Å². The van der Waals surface area contributed by atoms with E-state index in [9.17, 15) is 14.0 Å². The number of carbonyl (C=O) groups is 2. The normalized spacial score (nSPS) is 13.0. The van der Waals surface area contributed by atoms with E-state index >= 15 is 0 Å². The van der Waals surface area contributed by atoms with Gasteiger partial charge in [-0.15, -0.1) is 0 Å². The second-order valence-electron chi connectivity index (χ2n) is 7.90. The molecule has 1 aromatic carbocycles. The van der Waals surface area contributed by atoms with Crippen LogP contribution in [-0.4, -0.2) is 136 Å². The zero-order valence-electron chi connectivity index (χ0n) is 21.9. The van der Waals surface area contributed by atoms with Gasteiger partial charge < -0.3 is 37.9 Å². The third-order valence-electron chi connectivity index (χ3n) is 5.16. The topological polar surface area (TPSA) is 111 Å². The Kier molecular flexibility index (Phi) is 18.5. The quantitative estimate of drug-likeness (QED) is 0.125. The molecule has 1 aliphatic heterocycles. The molecule has 2 amide bonds. The molecule has 1 aromatic rings. The first-order valence-corrected chi connectivity index (χ1v) is 12.9. The number of benzene rings is 1. The summed E-state index contributed by atoms with van der Waals surface area (Å²) in [7, 11) is 0. The first-order valence-electron chi connectivity index (χ1n) is 12.9. The average molecular weight is 546 g/mol. The van der Waals surface area contributed by atoms with Gasteiger partial charge in [-0.25, -0.2) is 4.39 Å². The molecule has 0 radical (unpaired) electrons. The Labute approximate surface area is 223 Å². The second-order valence-corrected chi connectivity index (χ2v) is 7.90. The van der Waals surface area contributed by atoms with Crippen LogP contribution in [-0.2, 0) is 37.9 Å². The molecule has 0 atom stereocenters. The van der Waals surface area contributed by atoms with Gasteiger partial charge in [-0.2, -0.15) is 0 Å². The van der Waals surface area contributed by atoms with Gasteiger partial charge in [-0.1, -0.05) is 12.1 Å². The van der Waals surface area contributed by atoms with Crippen molar-refractivity contribution in [3.05, 3.63) is 35.4 Å². The Morgan fingerprint density at radius 1 is 0.474 bits per heavy atom. The van der Waals surface area contributed by atoms with Crippen molar-refractivity contribution in [3.8, 4) is 0 Å². The molecular formula is C26H40FNO10. The highest BCUT2D eigenvalue weighted by Crippen LogP contribution is 2.21.